The summed E-state index contributed by atoms with van der Waals surface area (Å²) in [6.45, 7) is 6.58. The highest BCUT2D eigenvalue weighted by molar-refractivity contribution is 7.11. The third kappa shape index (κ3) is 2.90. The van der Waals surface area contributed by atoms with Crippen LogP contribution >= 0.6 is 11.3 Å². The van der Waals surface area contributed by atoms with Crippen molar-refractivity contribution in [2.45, 2.75) is 33.7 Å². The fourth-order valence-corrected chi connectivity index (χ4v) is 3.17. The van der Waals surface area contributed by atoms with Crippen molar-refractivity contribution in [1.29, 1.82) is 0 Å². The molecule has 1 aromatic carbocycles. The zero-order chi connectivity index (χ0) is 15.7. The number of aromatic nitrogens is 1. The number of amides is 1. The van der Waals surface area contributed by atoms with Gasteiger partial charge in [0.05, 0.1) is 24.2 Å². The van der Waals surface area contributed by atoms with E-state index in [0.717, 1.165) is 32.0 Å². The van der Waals surface area contributed by atoms with E-state index >= 15 is 0 Å². The van der Waals surface area contributed by atoms with Crippen LogP contribution in [0.4, 0.5) is 0 Å². The molecule has 114 valence electrons. The number of rotatable bonds is 4. The molecule has 1 N–H and O–H groups in total. The molecule has 0 radical (unpaired) electrons. The third-order valence-corrected chi connectivity index (χ3v) is 4.73. The highest BCUT2D eigenvalue weighted by Gasteiger charge is 2.13. The fraction of sp³-hybridized carbons (Fsp3) is 0.294. The summed E-state index contributed by atoms with van der Waals surface area (Å²) < 4.78 is 5.64. The summed E-state index contributed by atoms with van der Waals surface area (Å²) in [6.07, 6.45) is 3.82. The number of carbonyl (C=O) groups excluding carboxylic acids is 1. The van der Waals surface area contributed by atoms with Gasteiger partial charge in [0.15, 0.2) is 0 Å². The summed E-state index contributed by atoms with van der Waals surface area (Å²) in [5.41, 5.74) is 4.12. The van der Waals surface area contributed by atoms with Crippen molar-refractivity contribution >= 4 is 28.2 Å². The number of furan rings is 1. The lowest BCUT2D eigenvalue weighted by Gasteiger charge is -2.03. The number of carbonyl (C=O) groups is 1. The van der Waals surface area contributed by atoms with Crippen molar-refractivity contribution in [2.24, 2.45) is 0 Å². The number of nitrogens with one attached hydrogen (secondary N) is 1. The predicted molar refractivity (Wildman–Crippen MR) is 88.1 cm³/mol. The lowest BCUT2D eigenvalue weighted by atomic mass is 10.0. The van der Waals surface area contributed by atoms with E-state index in [9.17, 15) is 4.79 Å². The van der Waals surface area contributed by atoms with Gasteiger partial charge in [0.1, 0.15) is 5.58 Å². The minimum Gasteiger partial charge on any atom is -0.464 e. The molecule has 0 unspecified atom stereocenters. The van der Waals surface area contributed by atoms with Gasteiger partial charge in [-0.25, -0.2) is 4.98 Å². The molecule has 2 heterocycles. The minimum absolute atomic E-state index is 0.00742. The van der Waals surface area contributed by atoms with Crippen molar-refractivity contribution < 1.29 is 9.21 Å². The molecule has 0 bridgehead atoms. The fourth-order valence-electron chi connectivity index (χ4n) is 2.43. The third-order valence-electron chi connectivity index (χ3n) is 3.82. The Morgan fingerprint density at radius 3 is 2.86 bits per heavy atom. The van der Waals surface area contributed by atoms with Crippen molar-refractivity contribution in [1.82, 2.24) is 10.3 Å². The molecule has 5 heteroatoms. The van der Waals surface area contributed by atoms with Crippen LogP contribution in [0.1, 0.15) is 26.6 Å². The average molecular weight is 314 g/mol. The van der Waals surface area contributed by atoms with Crippen LogP contribution in [-0.4, -0.2) is 10.9 Å². The smallest absolute Gasteiger partial charge is 0.224 e. The minimum atomic E-state index is -0.00742. The maximum Gasteiger partial charge on any atom is 0.224 e. The van der Waals surface area contributed by atoms with E-state index in [2.05, 4.69) is 23.3 Å². The first-order valence-corrected chi connectivity index (χ1v) is 8.00. The number of aryl methyl sites for hydroxylation is 3. The Bertz CT molecular complexity index is 832. The van der Waals surface area contributed by atoms with Gasteiger partial charge in [-0.05, 0) is 31.9 Å². The van der Waals surface area contributed by atoms with Crippen LogP contribution < -0.4 is 5.32 Å². The quantitative estimate of drug-likeness (QED) is 0.799. The first-order valence-electron chi connectivity index (χ1n) is 7.19. The van der Waals surface area contributed by atoms with Gasteiger partial charge in [-0.3, -0.25) is 4.79 Å². The molecule has 22 heavy (non-hydrogen) atoms. The number of benzene rings is 1. The predicted octanol–water partition coefficient (Wildman–Crippen LogP) is 3.67. The lowest BCUT2D eigenvalue weighted by molar-refractivity contribution is -0.120. The van der Waals surface area contributed by atoms with Crippen molar-refractivity contribution in [2.75, 3.05) is 0 Å². The highest BCUT2D eigenvalue weighted by Crippen LogP contribution is 2.26. The molecule has 0 spiro atoms. The SMILES string of the molecule is Cc1ncc(CNC(=O)Cc2coc3c(C)c(C)ccc23)s1. The molecule has 3 rings (SSSR count). The van der Waals surface area contributed by atoms with Gasteiger partial charge in [-0.1, -0.05) is 12.1 Å². The van der Waals surface area contributed by atoms with Crippen LogP contribution in [0, 0.1) is 20.8 Å². The number of hydrogen-bond acceptors (Lipinski definition) is 4. The summed E-state index contributed by atoms with van der Waals surface area (Å²) in [4.78, 5) is 17.4. The monoisotopic (exact) mass is 314 g/mol. The molecule has 0 atom stereocenters. The van der Waals surface area contributed by atoms with E-state index in [4.69, 9.17) is 4.42 Å². The molecule has 0 saturated carbocycles. The van der Waals surface area contributed by atoms with Gasteiger partial charge in [0, 0.05) is 22.0 Å². The molecular weight excluding hydrogens is 296 g/mol. The Labute approximate surface area is 133 Å². The maximum atomic E-state index is 12.1. The largest absolute Gasteiger partial charge is 0.464 e. The second-order valence-corrected chi connectivity index (χ2v) is 6.76. The number of thiazole rings is 1. The Morgan fingerprint density at radius 2 is 2.14 bits per heavy atom. The van der Waals surface area contributed by atoms with E-state index in [0.29, 0.717) is 13.0 Å². The molecule has 0 fully saturated rings. The summed E-state index contributed by atoms with van der Waals surface area (Å²) in [5, 5.41) is 4.96. The van der Waals surface area contributed by atoms with Crippen LogP contribution in [0.25, 0.3) is 11.0 Å². The van der Waals surface area contributed by atoms with E-state index < -0.39 is 0 Å². The van der Waals surface area contributed by atoms with Crippen LogP contribution in [0.5, 0.6) is 0 Å². The summed E-state index contributed by atoms with van der Waals surface area (Å²) in [6, 6.07) is 4.09. The lowest BCUT2D eigenvalue weighted by Crippen LogP contribution is -2.24. The van der Waals surface area contributed by atoms with Crippen molar-refractivity contribution in [3.8, 4) is 0 Å². The molecule has 4 nitrogen and oxygen atoms in total. The normalized spacial score (nSPS) is 11.0. The summed E-state index contributed by atoms with van der Waals surface area (Å²) >= 11 is 1.60. The Balaban J connectivity index is 1.70. The van der Waals surface area contributed by atoms with Crippen LogP contribution in [-0.2, 0) is 17.8 Å². The van der Waals surface area contributed by atoms with Gasteiger partial charge in [0.25, 0.3) is 0 Å². The molecular formula is C17H18N2O2S. The Morgan fingerprint density at radius 1 is 1.32 bits per heavy atom. The van der Waals surface area contributed by atoms with Crippen LogP contribution in [0.2, 0.25) is 0 Å². The first kappa shape index (κ1) is 14.8. The van der Waals surface area contributed by atoms with E-state index in [1.165, 1.54) is 5.56 Å². The molecule has 1 amide bonds. The molecule has 3 aromatic rings. The second-order valence-electron chi connectivity index (χ2n) is 5.44. The summed E-state index contributed by atoms with van der Waals surface area (Å²) in [7, 11) is 0. The van der Waals surface area contributed by atoms with Gasteiger partial charge in [-0.15, -0.1) is 11.3 Å². The van der Waals surface area contributed by atoms with Gasteiger partial charge in [-0.2, -0.15) is 0 Å². The van der Waals surface area contributed by atoms with Gasteiger partial charge >= 0.3 is 0 Å². The van der Waals surface area contributed by atoms with Gasteiger partial charge < -0.3 is 9.73 Å². The zero-order valence-corrected chi connectivity index (χ0v) is 13.7. The Hall–Kier alpha value is -2.14. The molecule has 2 aromatic heterocycles. The van der Waals surface area contributed by atoms with Crippen LogP contribution in [0.15, 0.2) is 29.0 Å². The summed E-state index contributed by atoms with van der Waals surface area (Å²) in [5.74, 6) is -0.00742. The number of nitrogens with zero attached hydrogens (tertiary/aromatic N) is 1. The molecule has 0 saturated heterocycles. The zero-order valence-electron chi connectivity index (χ0n) is 12.9. The number of fused-ring (bicyclic) bond motifs is 1. The first-order chi connectivity index (χ1) is 10.5. The highest BCUT2D eigenvalue weighted by atomic mass is 32.1. The Kier molecular flexibility index (Phi) is 3.98. The molecule has 0 aliphatic carbocycles. The van der Waals surface area contributed by atoms with Crippen molar-refractivity contribution in [3.63, 3.8) is 0 Å². The van der Waals surface area contributed by atoms with Gasteiger partial charge in [0.2, 0.25) is 5.91 Å². The van der Waals surface area contributed by atoms with E-state index in [1.54, 1.807) is 23.8 Å². The molecule has 0 aliphatic rings. The topological polar surface area (TPSA) is 55.1 Å². The van der Waals surface area contributed by atoms with E-state index in [-0.39, 0.29) is 5.91 Å². The van der Waals surface area contributed by atoms with Crippen LogP contribution in [0.3, 0.4) is 0 Å². The average Bonchev–Trinajstić information content (AvgIpc) is 3.08. The maximum absolute atomic E-state index is 12.1. The standard InChI is InChI=1S/C17H18N2O2S/c1-10-4-5-15-13(9-21-17(15)11(10)2)6-16(20)19-8-14-7-18-12(3)22-14/h4-5,7,9H,6,8H2,1-3H3,(H,19,20). The van der Waals surface area contributed by atoms with Crippen molar-refractivity contribution in [3.05, 3.63) is 51.2 Å². The second kappa shape index (κ2) is 5.93. The molecule has 0 aliphatic heterocycles. The number of hydrogen-bond donors (Lipinski definition) is 1. The van der Waals surface area contributed by atoms with E-state index in [1.807, 2.05) is 19.9 Å².